The molecule has 11 nitrogen and oxygen atoms in total. The van der Waals surface area contributed by atoms with Crippen LogP contribution in [0, 0.1) is 23.7 Å². The molecule has 1 rings (SSSR count). The first-order valence-electron chi connectivity index (χ1n) is 11.0. The second-order valence-corrected chi connectivity index (χ2v) is 8.50. The van der Waals surface area contributed by atoms with Gasteiger partial charge in [-0.05, 0) is 32.6 Å². The molecule has 1 heterocycles. The molecule has 34 heavy (non-hydrogen) atoms. The summed E-state index contributed by atoms with van der Waals surface area (Å²) < 4.78 is 21.3. The lowest BCUT2D eigenvalue weighted by molar-refractivity contribution is -0.193. The first-order valence-corrected chi connectivity index (χ1v) is 11.0. The topological polar surface area (TPSA) is 156 Å². The summed E-state index contributed by atoms with van der Waals surface area (Å²) in [6.45, 7) is 7.64. The van der Waals surface area contributed by atoms with Crippen LogP contribution in [0.5, 0.6) is 0 Å². The molecule has 5 atom stereocenters. The summed E-state index contributed by atoms with van der Waals surface area (Å²) in [5.41, 5.74) is -0.544. The molecule has 0 saturated carbocycles. The van der Waals surface area contributed by atoms with Gasteiger partial charge in [0, 0.05) is 19.9 Å². The van der Waals surface area contributed by atoms with Crippen molar-refractivity contribution in [1.29, 1.82) is 0 Å². The quantitative estimate of drug-likeness (QED) is 0.192. The molecule has 11 heteroatoms. The molecule has 0 bridgehead atoms. The van der Waals surface area contributed by atoms with Gasteiger partial charge >= 0.3 is 6.09 Å². The Labute approximate surface area is 200 Å². The Hall–Kier alpha value is -2.38. The van der Waals surface area contributed by atoms with Gasteiger partial charge in [-0.1, -0.05) is 11.8 Å². The smallest absolute Gasteiger partial charge is 0.407 e. The van der Waals surface area contributed by atoms with Crippen molar-refractivity contribution in [1.82, 2.24) is 10.6 Å². The highest BCUT2D eigenvalue weighted by Gasteiger charge is 2.44. The van der Waals surface area contributed by atoms with E-state index in [1.807, 2.05) is 0 Å². The summed E-state index contributed by atoms with van der Waals surface area (Å²) in [6, 6.07) is -0.861. The van der Waals surface area contributed by atoms with E-state index in [2.05, 4.69) is 34.3 Å². The lowest BCUT2D eigenvalue weighted by Crippen LogP contribution is -2.63. The van der Waals surface area contributed by atoms with Crippen LogP contribution in [0.4, 0.5) is 4.79 Å². The van der Waals surface area contributed by atoms with Crippen molar-refractivity contribution < 1.29 is 43.9 Å². The molecule has 0 aromatic rings. The Morgan fingerprint density at radius 2 is 1.68 bits per heavy atom. The molecule has 0 radical (unpaired) electrons. The molecule has 2 amide bonds. The maximum atomic E-state index is 11.5. The third-order valence-electron chi connectivity index (χ3n) is 4.40. The fraction of sp³-hybridized carbons (Fsp3) is 0.739. The summed E-state index contributed by atoms with van der Waals surface area (Å²) >= 11 is 0. The van der Waals surface area contributed by atoms with Crippen molar-refractivity contribution in [2.75, 3.05) is 39.6 Å². The monoisotopic (exact) mass is 484 g/mol. The van der Waals surface area contributed by atoms with E-state index in [-0.39, 0.29) is 18.9 Å². The Balaban J connectivity index is 2.25. The molecule has 1 aliphatic rings. The number of hydrogen-bond donors (Lipinski definition) is 5. The third kappa shape index (κ3) is 12.2. The zero-order valence-corrected chi connectivity index (χ0v) is 20.1. The van der Waals surface area contributed by atoms with E-state index in [1.54, 1.807) is 20.8 Å². The lowest BCUT2D eigenvalue weighted by atomic mass is 9.91. The minimum Gasteiger partial charge on any atom is -0.444 e. The van der Waals surface area contributed by atoms with Gasteiger partial charge in [0.05, 0.1) is 38.6 Å². The molecular formula is C23H36N2O9. The van der Waals surface area contributed by atoms with Crippen molar-refractivity contribution in [3.8, 4) is 23.7 Å². The number of nitrogens with one attached hydrogen (secondary N) is 2. The van der Waals surface area contributed by atoms with E-state index in [9.17, 15) is 24.9 Å². The predicted octanol–water partition coefficient (Wildman–Crippen LogP) is -1.07. The number of rotatable bonds is 10. The normalized spacial score (nSPS) is 24.1. The molecule has 5 N–H and O–H groups in total. The van der Waals surface area contributed by atoms with Gasteiger partial charge in [-0.2, -0.15) is 0 Å². The van der Waals surface area contributed by atoms with E-state index < -0.39 is 48.8 Å². The predicted molar refractivity (Wildman–Crippen MR) is 121 cm³/mol. The molecule has 1 saturated heterocycles. The van der Waals surface area contributed by atoms with Crippen molar-refractivity contribution in [2.24, 2.45) is 0 Å². The summed E-state index contributed by atoms with van der Waals surface area (Å²) in [5, 5.41) is 34.7. The van der Waals surface area contributed by atoms with Crippen molar-refractivity contribution in [3.05, 3.63) is 0 Å². The second kappa shape index (κ2) is 15.5. The largest absolute Gasteiger partial charge is 0.444 e. The fourth-order valence-corrected chi connectivity index (χ4v) is 2.94. The lowest BCUT2D eigenvalue weighted by Gasteiger charge is -2.42. The first kappa shape index (κ1) is 29.7. The SMILES string of the molecule is CC(=O)N[C@@H]1[C@@H](O)[C@@H](O)[C@@H](CO)O[C@@H]1CC#CC#CCOCCOCCNC(=O)OC(C)(C)C. The molecule has 0 unspecified atom stereocenters. The number of hydrogen-bond acceptors (Lipinski definition) is 9. The van der Waals surface area contributed by atoms with Crippen LogP contribution in [-0.4, -0.2) is 103 Å². The number of amides is 2. The van der Waals surface area contributed by atoms with Gasteiger partial charge in [0.1, 0.15) is 30.5 Å². The average Bonchev–Trinajstić information content (AvgIpc) is 2.74. The van der Waals surface area contributed by atoms with E-state index in [4.69, 9.17) is 18.9 Å². The van der Waals surface area contributed by atoms with E-state index in [1.165, 1.54) is 6.92 Å². The number of carbonyl (C=O) groups is 2. The van der Waals surface area contributed by atoms with Crippen LogP contribution >= 0.6 is 0 Å². The van der Waals surface area contributed by atoms with Crippen LogP contribution in [0.2, 0.25) is 0 Å². The number of carbonyl (C=O) groups excluding carboxylic acids is 2. The maximum Gasteiger partial charge on any atom is 0.407 e. The molecule has 0 spiro atoms. The van der Waals surface area contributed by atoms with Crippen molar-refractivity contribution in [3.63, 3.8) is 0 Å². The van der Waals surface area contributed by atoms with E-state index in [0.29, 0.717) is 26.4 Å². The third-order valence-corrected chi connectivity index (χ3v) is 4.40. The van der Waals surface area contributed by atoms with Crippen LogP contribution in [0.3, 0.4) is 0 Å². The van der Waals surface area contributed by atoms with E-state index in [0.717, 1.165) is 0 Å². The van der Waals surface area contributed by atoms with Gasteiger partial charge in [0.2, 0.25) is 5.91 Å². The van der Waals surface area contributed by atoms with Crippen LogP contribution in [0.25, 0.3) is 0 Å². The van der Waals surface area contributed by atoms with E-state index >= 15 is 0 Å². The second-order valence-electron chi connectivity index (χ2n) is 8.50. The standard InChI is InChI=1S/C23H36N2O9/c1-16(27)25-19-17(33-18(15-26)20(28)21(19)29)9-7-5-6-8-11-31-13-14-32-12-10-24-22(30)34-23(2,3)4/h17-21,26,28-29H,9-15H2,1-4H3,(H,24,30)(H,25,27)/t17-,18-,19+,20+,21-/m1/s1. The maximum absolute atomic E-state index is 11.5. The summed E-state index contributed by atoms with van der Waals surface area (Å²) in [7, 11) is 0. The fourth-order valence-electron chi connectivity index (χ4n) is 2.94. The molecule has 0 aliphatic carbocycles. The number of aliphatic hydroxyl groups is 3. The molecule has 192 valence electrons. The highest BCUT2D eigenvalue weighted by atomic mass is 16.6. The molecule has 0 aromatic carbocycles. The molecule has 1 fully saturated rings. The Morgan fingerprint density at radius 3 is 2.32 bits per heavy atom. The number of ether oxygens (including phenoxy) is 4. The van der Waals surface area contributed by atoms with Gasteiger partial charge in [-0.25, -0.2) is 4.79 Å². The number of aliphatic hydroxyl groups excluding tert-OH is 3. The average molecular weight is 485 g/mol. The van der Waals surface area contributed by atoms with Gasteiger partial charge < -0.3 is 44.9 Å². The Morgan fingerprint density at radius 1 is 1.00 bits per heavy atom. The van der Waals surface area contributed by atoms with Gasteiger partial charge in [0.25, 0.3) is 0 Å². The van der Waals surface area contributed by atoms with Crippen LogP contribution in [0.1, 0.15) is 34.1 Å². The van der Waals surface area contributed by atoms with Crippen molar-refractivity contribution >= 4 is 12.0 Å². The van der Waals surface area contributed by atoms with Gasteiger partial charge in [-0.15, -0.1) is 0 Å². The minimum atomic E-state index is -1.33. The minimum absolute atomic E-state index is 0.131. The zero-order chi connectivity index (χ0) is 25.6. The molecule has 0 aromatic heterocycles. The van der Waals surface area contributed by atoms with Gasteiger partial charge in [-0.3, -0.25) is 4.79 Å². The molecular weight excluding hydrogens is 448 g/mol. The van der Waals surface area contributed by atoms with Crippen molar-refractivity contribution in [2.45, 2.75) is 70.2 Å². The van der Waals surface area contributed by atoms with Crippen LogP contribution in [-0.2, 0) is 23.7 Å². The highest BCUT2D eigenvalue weighted by molar-refractivity contribution is 5.73. The number of alkyl carbamates (subject to hydrolysis) is 1. The first-order chi connectivity index (χ1) is 16.0. The van der Waals surface area contributed by atoms with Gasteiger partial charge in [0.15, 0.2) is 0 Å². The Bertz CT molecular complexity index is 760. The summed E-state index contributed by atoms with van der Waals surface area (Å²) in [6.07, 6.45) is -4.67. The zero-order valence-electron chi connectivity index (χ0n) is 20.1. The van der Waals surface area contributed by atoms with Crippen LogP contribution in [0.15, 0.2) is 0 Å². The Kier molecular flexibility index (Phi) is 13.5. The summed E-state index contributed by atoms with van der Waals surface area (Å²) in [4.78, 5) is 22.8. The molecule has 1 aliphatic heterocycles. The van der Waals surface area contributed by atoms with Crippen LogP contribution < -0.4 is 10.6 Å². The highest BCUT2D eigenvalue weighted by Crippen LogP contribution is 2.23. The summed E-state index contributed by atoms with van der Waals surface area (Å²) in [5.74, 6) is 10.4.